The molecule has 0 atom stereocenters. The SMILES string of the molecule is C=Cc1c(CC)ccc(OC)c1O. The molecule has 0 bridgehead atoms. The van der Waals surface area contributed by atoms with Crippen LogP contribution in [0.3, 0.4) is 0 Å². The molecule has 0 aliphatic rings. The van der Waals surface area contributed by atoms with Crippen LogP contribution < -0.4 is 4.74 Å². The summed E-state index contributed by atoms with van der Waals surface area (Å²) in [5.41, 5.74) is 1.84. The zero-order chi connectivity index (χ0) is 9.84. The van der Waals surface area contributed by atoms with Crippen molar-refractivity contribution in [1.82, 2.24) is 0 Å². The van der Waals surface area contributed by atoms with E-state index in [-0.39, 0.29) is 5.75 Å². The van der Waals surface area contributed by atoms with Gasteiger partial charge in [-0.3, -0.25) is 0 Å². The predicted octanol–water partition coefficient (Wildman–Crippen LogP) is 2.61. The number of phenolic OH excluding ortho intramolecular Hbond substituents is 1. The van der Waals surface area contributed by atoms with Gasteiger partial charge in [-0.05, 0) is 18.1 Å². The van der Waals surface area contributed by atoms with Crippen LogP contribution in [0.2, 0.25) is 0 Å². The number of hydrogen-bond donors (Lipinski definition) is 1. The minimum Gasteiger partial charge on any atom is -0.504 e. The Balaban J connectivity index is 3.31. The average molecular weight is 178 g/mol. The molecule has 0 saturated carbocycles. The first-order valence-corrected chi connectivity index (χ1v) is 4.25. The molecule has 1 rings (SSSR count). The highest BCUT2D eigenvalue weighted by Gasteiger charge is 2.08. The number of rotatable bonds is 3. The van der Waals surface area contributed by atoms with Crippen molar-refractivity contribution in [2.45, 2.75) is 13.3 Å². The number of aromatic hydroxyl groups is 1. The van der Waals surface area contributed by atoms with Crippen molar-refractivity contribution in [3.63, 3.8) is 0 Å². The van der Waals surface area contributed by atoms with Crippen LogP contribution in [0.1, 0.15) is 18.1 Å². The highest BCUT2D eigenvalue weighted by atomic mass is 16.5. The Morgan fingerprint density at radius 3 is 2.69 bits per heavy atom. The molecular formula is C11H14O2. The number of aryl methyl sites for hydroxylation is 1. The molecule has 0 spiro atoms. The third kappa shape index (κ3) is 1.66. The van der Waals surface area contributed by atoms with Gasteiger partial charge in [-0.15, -0.1) is 0 Å². The molecule has 2 heteroatoms. The highest BCUT2D eigenvalue weighted by molar-refractivity contribution is 5.64. The van der Waals surface area contributed by atoms with Gasteiger partial charge in [0, 0.05) is 5.56 Å². The molecule has 0 heterocycles. The fourth-order valence-corrected chi connectivity index (χ4v) is 1.33. The molecule has 0 aromatic heterocycles. The Bertz CT molecular complexity index is 316. The molecule has 13 heavy (non-hydrogen) atoms. The lowest BCUT2D eigenvalue weighted by molar-refractivity contribution is 0.372. The summed E-state index contributed by atoms with van der Waals surface area (Å²) in [6.07, 6.45) is 2.52. The fourth-order valence-electron chi connectivity index (χ4n) is 1.33. The molecule has 0 fully saturated rings. The summed E-state index contributed by atoms with van der Waals surface area (Å²) in [6, 6.07) is 3.71. The minimum absolute atomic E-state index is 0.178. The van der Waals surface area contributed by atoms with Crippen LogP contribution in [0.5, 0.6) is 11.5 Å². The number of ether oxygens (including phenoxy) is 1. The molecule has 0 unspecified atom stereocenters. The molecule has 0 radical (unpaired) electrons. The lowest BCUT2D eigenvalue weighted by atomic mass is 10.0. The molecule has 0 amide bonds. The van der Waals surface area contributed by atoms with Gasteiger partial charge in [-0.1, -0.05) is 25.6 Å². The van der Waals surface area contributed by atoms with Crippen LogP contribution >= 0.6 is 0 Å². The van der Waals surface area contributed by atoms with E-state index in [0.717, 1.165) is 17.5 Å². The van der Waals surface area contributed by atoms with Crippen LogP contribution in [0.4, 0.5) is 0 Å². The lowest BCUT2D eigenvalue weighted by Crippen LogP contribution is -1.90. The van der Waals surface area contributed by atoms with E-state index in [2.05, 4.69) is 6.58 Å². The zero-order valence-electron chi connectivity index (χ0n) is 8.00. The normalized spacial score (nSPS) is 9.69. The molecular weight excluding hydrogens is 164 g/mol. The van der Waals surface area contributed by atoms with Crippen molar-refractivity contribution in [1.29, 1.82) is 0 Å². The largest absolute Gasteiger partial charge is 0.504 e. The van der Waals surface area contributed by atoms with Gasteiger partial charge in [0.1, 0.15) is 0 Å². The second-order valence-electron chi connectivity index (χ2n) is 2.75. The van der Waals surface area contributed by atoms with E-state index in [1.54, 1.807) is 12.1 Å². The van der Waals surface area contributed by atoms with Gasteiger partial charge >= 0.3 is 0 Å². The Hall–Kier alpha value is -1.44. The molecule has 0 aliphatic carbocycles. The first-order valence-electron chi connectivity index (χ1n) is 4.25. The number of phenols is 1. The van der Waals surface area contributed by atoms with Gasteiger partial charge in [0.25, 0.3) is 0 Å². The van der Waals surface area contributed by atoms with Crippen LogP contribution in [-0.4, -0.2) is 12.2 Å². The zero-order valence-corrected chi connectivity index (χ0v) is 8.00. The second kappa shape index (κ2) is 3.99. The van der Waals surface area contributed by atoms with E-state index in [1.807, 2.05) is 13.0 Å². The Kier molecular flexibility index (Phi) is 2.96. The van der Waals surface area contributed by atoms with Gasteiger partial charge in [0.05, 0.1) is 7.11 Å². The quantitative estimate of drug-likeness (QED) is 0.770. The predicted molar refractivity (Wildman–Crippen MR) is 54.1 cm³/mol. The maximum atomic E-state index is 9.70. The van der Waals surface area contributed by atoms with Gasteiger partial charge in [0.15, 0.2) is 11.5 Å². The van der Waals surface area contributed by atoms with Crippen LogP contribution in [0.25, 0.3) is 6.08 Å². The van der Waals surface area contributed by atoms with Crippen molar-refractivity contribution in [3.05, 3.63) is 29.8 Å². The Labute approximate surface area is 78.5 Å². The van der Waals surface area contributed by atoms with E-state index in [0.29, 0.717) is 5.75 Å². The minimum atomic E-state index is 0.178. The smallest absolute Gasteiger partial charge is 0.165 e. The molecule has 1 N–H and O–H groups in total. The lowest BCUT2D eigenvalue weighted by Gasteiger charge is -2.09. The van der Waals surface area contributed by atoms with Crippen LogP contribution in [-0.2, 0) is 6.42 Å². The van der Waals surface area contributed by atoms with Gasteiger partial charge in [-0.2, -0.15) is 0 Å². The van der Waals surface area contributed by atoms with Gasteiger partial charge < -0.3 is 9.84 Å². The summed E-state index contributed by atoms with van der Waals surface area (Å²) < 4.78 is 4.99. The van der Waals surface area contributed by atoms with E-state index in [1.165, 1.54) is 7.11 Å². The highest BCUT2D eigenvalue weighted by Crippen LogP contribution is 2.33. The van der Waals surface area contributed by atoms with Crippen molar-refractivity contribution in [2.24, 2.45) is 0 Å². The van der Waals surface area contributed by atoms with Gasteiger partial charge in [-0.25, -0.2) is 0 Å². The average Bonchev–Trinajstić information content (AvgIpc) is 2.17. The summed E-state index contributed by atoms with van der Waals surface area (Å²) in [5.74, 6) is 0.670. The molecule has 2 nitrogen and oxygen atoms in total. The summed E-state index contributed by atoms with van der Waals surface area (Å²) in [4.78, 5) is 0. The monoisotopic (exact) mass is 178 g/mol. The van der Waals surface area contributed by atoms with Crippen molar-refractivity contribution < 1.29 is 9.84 Å². The Morgan fingerprint density at radius 2 is 2.23 bits per heavy atom. The number of benzene rings is 1. The van der Waals surface area contributed by atoms with E-state index in [4.69, 9.17) is 4.74 Å². The Morgan fingerprint density at radius 1 is 1.54 bits per heavy atom. The summed E-state index contributed by atoms with van der Waals surface area (Å²) in [7, 11) is 1.54. The number of hydrogen-bond acceptors (Lipinski definition) is 2. The molecule has 0 saturated heterocycles. The number of methoxy groups -OCH3 is 1. The standard InChI is InChI=1S/C11H14O2/c1-4-8-6-7-10(13-3)11(12)9(8)5-2/h5-7,12H,2,4H2,1,3H3. The maximum Gasteiger partial charge on any atom is 0.165 e. The van der Waals surface area contributed by atoms with Crippen LogP contribution in [0.15, 0.2) is 18.7 Å². The third-order valence-electron chi connectivity index (χ3n) is 2.08. The van der Waals surface area contributed by atoms with Gasteiger partial charge in [0.2, 0.25) is 0 Å². The molecule has 70 valence electrons. The molecule has 1 aromatic carbocycles. The summed E-state index contributed by atoms with van der Waals surface area (Å²) in [6.45, 7) is 5.70. The van der Waals surface area contributed by atoms with Crippen molar-refractivity contribution >= 4 is 6.08 Å². The van der Waals surface area contributed by atoms with Crippen molar-refractivity contribution in [3.8, 4) is 11.5 Å². The maximum absolute atomic E-state index is 9.70. The fraction of sp³-hybridized carbons (Fsp3) is 0.273. The van der Waals surface area contributed by atoms with E-state index >= 15 is 0 Å². The van der Waals surface area contributed by atoms with Crippen LogP contribution in [0, 0.1) is 0 Å². The third-order valence-corrected chi connectivity index (χ3v) is 2.08. The second-order valence-corrected chi connectivity index (χ2v) is 2.75. The van der Waals surface area contributed by atoms with E-state index < -0.39 is 0 Å². The topological polar surface area (TPSA) is 29.5 Å². The first-order chi connectivity index (χ1) is 6.24. The molecule has 1 aromatic rings. The van der Waals surface area contributed by atoms with E-state index in [9.17, 15) is 5.11 Å². The summed E-state index contributed by atoms with van der Waals surface area (Å²) in [5, 5.41) is 9.70. The summed E-state index contributed by atoms with van der Waals surface area (Å²) >= 11 is 0. The van der Waals surface area contributed by atoms with Crippen molar-refractivity contribution in [2.75, 3.05) is 7.11 Å². The molecule has 0 aliphatic heterocycles. The first kappa shape index (κ1) is 9.65.